The van der Waals surface area contributed by atoms with Gasteiger partial charge in [-0.05, 0) is 54.4 Å². The van der Waals surface area contributed by atoms with Crippen molar-refractivity contribution >= 4 is 33.2 Å². The summed E-state index contributed by atoms with van der Waals surface area (Å²) in [5.74, 6) is -0.648. The predicted molar refractivity (Wildman–Crippen MR) is 93.9 cm³/mol. The third-order valence-electron chi connectivity index (χ3n) is 4.06. The van der Waals surface area contributed by atoms with Crippen LogP contribution in [0.2, 0.25) is 0 Å². The second-order valence-corrected chi connectivity index (χ2v) is 7.44. The number of hydrogen-bond donors (Lipinski definition) is 2. The van der Waals surface area contributed by atoms with Crippen LogP contribution in [0.15, 0.2) is 47.4 Å². The lowest BCUT2D eigenvalue weighted by atomic mass is 10.2. The SMILES string of the molecule is CC(=O)N1CCc2cc(S(=O)(=O)Nc3ccc(C(N)=O)cc3)ccc21. The van der Waals surface area contributed by atoms with Gasteiger partial charge < -0.3 is 10.6 Å². The van der Waals surface area contributed by atoms with Crippen LogP contribution < -0.4 is 15.4 Å². The summed E-state index contributed by atoms with van der Waals surface area (Å²) in [5.41, 5.74) is 7.36. The van der Waals surface area contributed by atoms with Crippen molar-refractivity contribution in [2.24, 2.45) is 5.73 Å². The van der Waals surface area contributed by atoms with Crippen molar-refractivity contribution in [3.05, 3.63) is 53.6 Å². The highest BCUT2D eigenvalue weighted by atomic mass is 32.2. The lowest BCUT2D eigenvalue weighted by Crippen LogP contribution is -2.25. The molecular formula is C17H17N3O4S. The molecule has 1 aliphatic rings. The van der Waals surface area contributed by atoms with E-state index in [9.17, 15) is 18.0 Å². The van der Waals surface area contributed by atoms with Crippen molar-refractivity contribution < 1.29 is 18.0 Å². The third-order valence-corrected chi connectivity index (χ3v) is 5.44. The van der Waals surface area contributed by atoms with Gasteiger partial charge in [-0.3, -0.25) is 14.3 Å². The maximum atomic E-state index is 12.6. The van der Waals surface area contributed by atoms with Crippen LogP contribution in [0, 0.1) is 0 Å². The number of carbonyl (C=O) groups is 2. The number of rotatable bonds is 4. The molecule has 130 valence electrons. The zero-order valence-electron chi connectivity index (χ0n) is 13.5. The van der Waals surface area contributed by atoms with Gasteiger partial charge in [0.05, 0.1) is 4.90 Å². The molecule has 8 heteroatoms. The zero-order valence-corrected chi connectivity index (χ0v) is 14.3. The standard InChI is InChI=1S/C17H17N3O4S/c1-11(21)20-9-8-13-10-15(6-7-16(13)20)25(23,24)19-14-4-2-12(3-5-14)17(18)22/h2-7,10,19H,8-9H2,1H3,(H2,18,22). The van der Waals surface area contributed by atoms with Crippen molar-refractivity contribution in [1.29, 1.82) is 0 Å². The van der Waals surface area contributed by atoms with Crippen LogP contribution in [-0.2, 0) is 21.2 Å². The predicted octanol–water partition coefficient (Wildman–Crippen LogP) is 1.50. The Kier molecular flexibility index (Phi) is 4.22. The van der Waals surface area contributed by atoms with Crippen LogP contribution in [0.5, 0.6) is 0 Å². The topological polar surface area (TPSA) is 110 Å². The Morgan fingerprint density at radius 3 is 2.40 bits per heavy atom. The van der Waals surface area contributed by atoms with E-state index in [1.54, 1.807) is 17.0 Å². The van der Waals surface area contributed by atoms with Gasteiger partial charge in [0.2, 0.25) is 11.8 Å². The number of anilines is 2. The number of nitrogens with one attached hydrogen (secondary N) is 1. The van der Waals surface area contributed by atoms with Crippen molar-refractivity contribution in [1.82, 2.24) is 0 Å². The molecule has 2 amide bonds. The van der Waals surface area contributed by atoms with Gasteiger partial charge in [0, 0.05) is 30.4 Å². The molecule has 2 aromatic carbocycles. The van der Waals surface area contributed by atoms with Gasteiger partial charge in [-0.1, -0.05) is 0 Å². The molecule has 0 radical (unpaired) electrons. The molecule has 0 atom stereocenters. The Labute approximate surface area is 145 Å². The van der Waals surface area contributed by atoms with E-state index in [2.05, 4.69) is 4.72 Å². The van der Waals surface area contributed by atoms with Crippen LogP contribution in [-0.4, -0.2) is 26.8 Å². The molecule has 2 aromatic rings. The lowest BCUT2D eigenvalue weighted by molar-refractivity contribution is -0.116. The van der Waals surface area contributed by atoms with Gasteiger partial charge in [0.1, 0.15) is 0 Å². The number of benzene rings is 2. The highest BCUT2D eigenvalue weighted by Gasteiger charge is 2.24. The smallest absolute Gasteiger partial charge is 0.261 e. The quantitative estimate of drug-likeness (QED) is 0.862. The molecular weight excluding hydrogens is 342 g/mol. The molecule has 1 heterocycles. The van der Waals surface area contributed by atoms with E-state index in [1.807, 2.05) is 0 Å². The van der Waals surface area contributed by atoms with Gasteiger partial charge >= 0.3 is 0 Å². The molecule has 3 rings (SSSR count). The first-order valence-corrected chi connectivity index (χ1v) is 9.10. The van der Waals surface area contributed by atoms with E-state index in [4.69, 9.17) is 5.73 Å². The van der Waals surface area contributed by atoms with E-state index in [0.717, 1.165) is 11.3 Å². The molecule has 0 bridgehead atoms. The fourth-order valence-corrected chi connectivity index (χ4v) is 3.90. The number of nitrogens with zero attached hydrogens (tertiary/aromatic N) is 1. The minimum absolute atomic E-state index is 0.0676. The largest absolute Gasteiger partial charge is 0.366 e. The minimum Gasteiger partial charge on any atom is -0.366 e. The van der Waals surface area contributed by atoms with Gasteiger partial charge in [-0.25, -0.2) is 8.42 Å². The molecule has 25 heavy (non-hydrogen) atoms. The molecule has 0 aliphatic carbocycles. The Bertz CT molecular complexity index is 952. The summed E-state index contributed by atoms with van der Waals surface area (Å²) in [6, 6.07) is 10.6. The van der Waals surface area contributed by atoms with Gasteiger partial charge in [0.15, 0.2) is 0 Å². The number of carbonyl (C=O) groups excluding carboxylic acids is 2. The number of amides is 2. The first kappa shape index (κ1) is 17.0. The van der Waals surface area contributed by atoms with Crippen LogP contribution >= 0.6 is 0 Å². The molecule has 0 aromatic heterocycles. The Balaban J connectivity index is 1.86. The highest BCUT2D eigenvalue weighted by molar-refractivity contribution is 7.92. The second kappa shape index (κ2) is 6.21. The van der Waals surface area contributed by atoms with Gasteiger partial charge in [-0.15, -0.1) is 0 Å². The summed E-state index contributed by atoms with van der Waals surface area (Å²) in [5, 5.41) is 0. The Morgan fingerprint density at radius 2 is 1.80 bits per heavy atom. The van der Waals surface area contributed by atoms with Crippen LogP contribution in [0.4, 0.5) is 11.4 Å². The summed E-state index contributed by atoms with van der Waals surface area (Å²) in [6.45, 7) is 2.03. The average Bonchev–Trinajstić information content (AvgIpc) is 2.98. The zero-order chi connectivity index (χ0) is 18.2. The van der Waals surface area contributed by atoms with E-state index in [-0.39, 0.29) is 10.8 Å². The Hall–Kier alpha value is -2.87. The fraction of sp³-hybridized carbons (Fsp3) is 0.176. The lowest BCUT2D eigenvalue weighted by Gasteiger charge is -2.15. The van der Waals surface area contributed by atoms with Crippen molar-refractivity contribution in [2.45, 2.75) is 18.2 Å². The summed E-state index contributed by atoms with van der Waals surface area (Å²) in [6.07, 6.45) is 0.617. The van der Waals surface area contributed by atoms with E-state index < -0.39 is 15.9 Å². The number of fused-ring (bicyclic) bond motifs is 1. The summed E-state index contributed by atoms with van der Waals surface area (Å²) >= 11 is 0. The monoisotopic (exact) mass is 359 g/mol. The third kappa shape index (κ3) is 3.34. The minimum atomic E-state index is -3.78. The first-order valence-electron chi connectivity index (χ1n) is 7.61. The molecule has 0 fully saturated rings. The summed E-state index contributed by atoms with van der Waals surface area (Å²) in [4.78, 5) is 24.4. The van der Waals surface area contributed by atoms with E-state index in [1.165, 1.54) is 37.3 Å². The van der Waals surface area contributed by atoms with Crippen LogP contribution in [0.3, 0.4) is 0 Å². The van der Waals surface area contributed by atoms with Gasteiger partial charge in [0.25, 0.3) is 10.0 Å². The Morgan fingerprint density at radius 1 is 1.12 bits per heavy atom. The molecule has 0 spiro atoms. The molecule has 0 unspecified atom stereocenters. The highest BCUT2D eigenvalue weighted by Crippen LogP contribution is 2.30. The fourth-order valence-electron chi connectivity index (χ4n) is 2.79. The normalized spacial score (nSPS) is 13.4. The molecule has 0 saturated carbocycles. The molecule has 7 nitrogen and oxygen atoms in total. The van der Waals surface area contributed by atoms with Crippen LogP contribution in [0.25, 0.3) is 0 Å². The van der Waals surface area contributed by atoms with E-state index >= 15 is 0 Å². The van der Waals surface area contributed by atoms with Crippen LogP contribution in [0.1, 0.15) is 22.8 Å². The number of primary amides is 1. The molecule has 3 N–H and O–H groups in total. The average molecular weight is 359 g/mol. The first-order chi connectivity index (χ1) is 11.8. The second-order valence-electron chi connectivity index (χ2n) is 5.76. The molecule has 0 saturated heterocycles. The summed E-state index contributed by atoms with van der Waals surface area (Å²) in [7, 11) is -3.78. The molecule has 1 aliphatic heterocycles. The maximum absolute atomic E-state index is 12.6. The number of sulfonamides is 1. The maximum Gasteiger partial charge on any atom is 0.261 e. The van der Waals surface area contributed by atoms with Gasteiger partial charge in [-0.2, -0.15) is 0 Å². The number of nitrogens with two attached hydrogens (primary N) is 1. The van der Waals surface area contributed by atoms with Crippen molar-refractivity contribution in [3.8, 4) is 0 Å². The van der Waals surface area contributed by atoms with E-state index in [0.29, 0.717) is 24.2 Å². The number of hydrogen-bond acceptors (Lipinski definition) is 4. The van der Waals surface area contributed by atoms with Crippen molar-refractivity contribution in [2.75, 3.05) is 16.2 Å². The summed E-state index contributed by atoms with van der Waals surface area (Å²) < 4.78 is 27.6. The van der Waals surface area contributed by atoms with Crippen molar-refractivity contribution in [3.63, 3.8) is 0 Å².